The van der Waals surface area contributed by atoms with Crippen LogP contribution >= 0.6 is 0 Å². The SMILES string of the molecule is O=C(/C=C/CCCCc1ccccc1)NCC1CCOC1. The lowest BCUT2D eigenvalue weighted by Gasteiger charge is -2.07. The molecule has 2 rings (SSSR count). The minimum atomic E-state index is 0.0185. The number of unbranched alkanes of at least 4 members (excludes halogenated alkanes) is 2. The van der Waals surface area contributed by atoms with Crippen LogP contribution < -0.4 is 5.32 Å². The number of ether oxygens (including phenoxy) is 1. The number of carbonyl (C=O) groups excluding carboxylic acids is 1. The molecule has 3 nitrogen and oxygen atoms in total. The molecular weight excluding hydrogens is 262 g/mol. The number of amides is 1. The summed E-state index contributed by atoms with van der Waals surface area (Å²) in [6.45, 7) is 2.35. The molecule has 0 bridgehead atoms. The van der Waals surface area contributed by atoms with Gasteiger partial charge in [0.1, 0.15) is 0 Å². The zero-order valence-electron chi connectivity index (χ0n) is 12.6. The Morgan fingerprint density at radius 1 is 1.29 bits per heavy atom. The monoisotopic (exact) mass is 287 g/mol. The molecular formula is C18H25NO2. The lowest BCUT2D eigenvalue weighted by molar-refractivity contribution is -0.116. The van der Waals surface area contributed by atoms with Crippen molar-refractivity contribution < 1.29 is 9.53 Å². The van der Waals surface area contributed by atoms with Gasteiger partial charge in [0.15, 0.2) is 0 Å². The van der Waals surface area contributed by atoms with Crippen molar-refractivity contribution in [3.05, 3.63) is 48.0 Å². The van der Waals surface area contributed by atoms with Crippen molar-refractivity contribution in [1.82, 2.24) is 5.32 Å². The number of aryl methyl sites for hydroxylation is 1. The number of hydrogen-bond acceptors (Lipinski definition) is 2. The molecule has 0 aliphatic carbocycles. The quantitative estimate of drug-likeness (QED) is 0.589. The summed E-state index contributed by atoms with van der Waals surface area (Å²) in [6, 6.07) is 10.5. The van der Waals surface area contributed by atoms with Gasteiger partial charge in [-0.15, -0.1) is 0 Å². The highest BCUT2D eigenvalue weighted by Crippen LogP contribution is 2.10. The number of nitrogens with one attached hydrogen (secondary N) is 1. The van der Waals surface area contributed by atoms with Crippen molar-refractivity contribution in [2.24, 2.45) is 5.92 Å². The Labute approximate surface area is 127 Å². The van der Waals surface area contributed by atoms with E-state index in [4.69, 9.17) is 4.74 Å². The predicted octanol–water partition coefficient (Wildman–Crippen LogP) is 3.11. The smallest absolute Gasteiger partial charge is 0.243 e. The topological polar surface area (TPSA) is 38.3 Å². The molecule has 0 saturated carbocycles. The zero-order chi connectivity index (χ0) is 14.8. The Bertz CT molecular complexity index is 436. The van der Waals surface area contributed by atoms with Gasteiger partial charge >= 0.3 is 0 Å². The Balaban J connectivity index is 1.50. The van der Waals surface area contributed by atoms with Gasteiger partial charge in [0.05, 0.1) is 6.61 Å². The van der Waals surface area contributed by atoms with E-state index in [0.717, 1.165) is 51.9 Å². The molecule has 1 unspecified atom stereocenters. The number of rotatable bonds is 8. The van der Waals surface area contributed by atoms with Crippen molar-refractivity contribution >= 4 is 5.91 Å². The van der Waals surface area contributed by atoms with Gasteiger partial charge in [0.25, 0.3) is 0 Å². The maximum atomic E-state index is 11.6. The maximum Gasteiger partial charge on any atom is 0.243 e. The fraction of sp³-hybridized carbons (Fsp3) is 0.500. The normalized spacial score (nSPS) is 18.2. The third kappa shape index (κ3) is 6.58. The number of benzene rings is 1. The molecule has 1 amide bonds. The Morgan fingerprint density at radius 3 is 2.90 bits per heavy atom. The Hall–Kier alpha value is -1.61. The van der Waals surface area contributed by atoms with Gasteiger partial charge in [-0.25, -0.2) is 0 Å². The van der Waals surface area contributed by atoms with E-state index < -0.39 is 0 Å². The van der Waals surface area contributed by atoms with Crippen molar-refractivity contribution in [3.63, 3.8) is 0 Å². The molecule has 1 aliphatic rings. The first-order valence-corrected chi connectivity index (χ1v) is 7.90. The van der Waals surface area contributed by atoms with Crippen LogP contribution in [0.3, 0.4) is 0 Å². The molecule has 1 aromatic carbocycles. The van der Waals surface area contributed by atoms with E-state index in [-0.39, 0.29) is 5.91 Å². The van der Waals surface area contributed by atoms with Gasteiger partial charge in [-0.3, -0.25) is 4.79 Å². The first-order chi connectivity index (χ1) is 10.3. The Kier molecular flexibility index (Phi) is 7.02. The van der Waals surface area contributed by atoms with Gasteiger partial charge in [-0.1, -0.05) is 36.4 Å². The van der Waals surface area contributed by atoms with Gasteiger partial charge < -0.3 is 10.1 Å². The fourth-order valence-corrected chi connectivity index (χ4v) is 2.47. The van der Waals surface area contributed by atoms with Crippen LogP contribution in [-0.2, 0) is 16.0 Å². The zero-order valence-corrected chi connectivity index (χ0v) is 12.6. The molecule has 1 heterocycles. The Morgan fingerprint density at radius 2 is 2.14 bits per heavy atom. The highest BCUT2D eigenvalue weighted by molar-refractivity contribution is 5.87. The van der Waals surface area contributed by atoms with Gasteiger partial charge in [0, 0.05) is 19.1 Å². The van der Waals surface area contributed by atoms with E-state index in [0.29, 0.717) is 5.92 Å². The molecule has 114 valence electrons. The van der Waals surface area contributed by atoms with Crippen LogP contribution in [0.25, 0.3) is 0 Å². The summed E-state index contributed by atoms with van der Waals surface area (Å²) in [4.78, 5) is 11.6. The lowest BCUT2D eigenvalue weighted by Crippen LogP contribution is -2.27. The first-order valence-electron chi connectivity index (χ1n) is 7.90. The van der Waals surface area contributed by atoms with Crippen molar-refractivity contribution in [2.45, 2.75) is 32.1 Å². The summed E-state index contributed by atoms with van der Waals surface area (Å²) in [5.74, 6) is 0.512. The van der Waals surface area contributed by atoms with E-state index in [1.807, 2.05) is 12.1 Å². The number of hydrogen-bond donors (Lipinski definition) is 1. The summed E-state index contributed by atoms with van der Waals surface area (Å²) >= 11 is 0. The van der Waals surface area contributed by atoms with Crippen LogP contribution in [0.4, 0.5) is 0 Å². The number of allylic oxidation sites excluding steroid dienone is 1. The second-order valence-electron chi connectivity index (χ2n) is 5.61. The first kappa shape index (κ1) is 15.8. The van der Waals surface area contributed by atoms with Gasteiger partial charge in [-0.05, 0) is 43.7 Å². The fourth-order valence-electron chi connectivity index (χ4n) is 2.47. The highest BCUT2D eigenvalue weighted by Gasteiger charge is 2.15. The van der Waals surface area contributed by atoms with Crippen LogP contribution in [0.2, 0.25) is 0 Å². The van der Waals surface area contributed by atoms with E-state index in [1.165, 1.54) is 5.56 Å². The largest absolute Gasteiger partial charge is 0.381 e. The molecule has 1 N–H and O–H groups in total. The third-order valence-electron chi connectivity index (χ3n) is 3.79. The molecule has 1 atom stereocenters. The molecule has 0 spiro atoms. The van der Waals surface area contributed by atoms with Gasteiger partial charge in [-0.2, -0.15) is 0 Å². The van der Waals surface area contributed by atoms with E-state index in [9.17, 15) is 4.79 Å². The summed E-state index contributed by atoms with van der Waals surface area (Å²) in [5.41, 5.74) is 1.39. The van der Waals surface area contributed by atoms with Crippen molar-refractivity contribution in [1.29, 1.82) is 0 Å². The highest BCUT2D eigenvalue weighted by atomic mass is 16.5. The molecule has 1 aliphatic heterocycles. The third-order valence-corrected chi connectivity index (χ3v) is 3.79. The van der Waals surface area contributed by atoms with Crippen LogP contribution in [-0.4, -0.2) is 25.7 Å². The molecule has 21 heavy (non-hydrogen) atoms. The number of carbonyl (C=O) groups is 1. The average Bonchev–Trinajstić information content (AvgIpc) is 3.03. The second-order valence-corrected chi connectivity index (χ2v) is 5.61. The predicted molar refractivity (Wildman–Crippen MR) is 85.1 cm³/mol. The summed E-state index contributed by atoms with van der Waals surface area (Å²) < 4.78 is 5.28. The maximum absolute atomic E-state index is 11.6. The summed E-state index contributed by atoms with van der Waals surface area (Å²) in [7, 11) is 0. The van der Waals surface area contributed by atoms with Gasteiger partial charge in [0.2, 0.25) is 5.91 Å². The van der Waals surface area contributed by atoms with E-state index in [1.54, 1.807) is 6.08 Å². The van der Waals surface area contributed by atoms with Crippen molar-refractivity contribution in [2.75, 3.05) is 19.8 Å². The molecule has 1 saturated heterocycles. The minimum Gasteiger partial charge on any atom is -0.381 e. The standard InChI is InChI=1S/C18H25NO2/c20-18(19-14-17-12-13-21-15-17)11-7-2-1-4-8-16-9-5-3-6-10-16/h3,5-7,9-11,17H,1-2,4,8,12-15H2,(H,19,20)/b11-7+. The van der Waals surface area contributed by atoms with Crippen LogP contribution in [0.15, 0.2) is 42.5 Å². The second kappa shape index (κ2) is 9.35. The molecule has 0 radical (unpaired) electrons. The van der Waals surface area contributed by atoms with Crippen molar-refractivity contribution in [3.8, 4) is 0 Å². The molecule has 1 fully saturated rings. The minimum absolute atomic E-state index is 0.0185. The van der Waals surface area contributed by atoms with Crippen LogP contribution in [0.1, 0.15) is 31.2 Å². The molecule has 0 aromatic heterocycles. The van der Waals surface area contributed by atoms with E-state index in [2.05, 4.69) is 29.6 Å². The average molecular weight is 287 g/mol. The summed E-state index contributed by atoms with van der Waals surface area (Å²) in [5, 5.41) is 2.94. The summed E-state index contributed by atoms with van der Waals surface area (Å²) in [6.07, 6.45) is 9.06. The van der Waals surface area contributed by atoms with Crippen LogP contribution in [0.5, 0.6) is 0 Å². The lowest BCUT2D eigenvalue weighted by atomic mass is 10.1. The molecule has 3 heteroatoms. The van der Waals surface area contributed by atoms with Crippen LogP contribution in [0, 0.1) is 5.92 Å². The van der Waals surface area contributed by atoms with E-state index >= 15 is 0 Å². The molecule has 1 aromatic rings.